The summed E-state index contributed by atoms with van der Waals surface area (Å²) in [5.74, 6) is -0.267. The minimum absolute atomic E-state index is 0.0142. The van der Waals surface area contributed by atoms with Crippen molar-refractivity contribution in [1.82, 2.24) is 9.88 Å². The monoisotopic (exact) mass is 347 g/mol. The van der Waals surface area contributed by atoms with Crippen molar-refractivity contribution in [3.05, 3.63) is 40.7 Å². The molecule has 1 aromatic heterocycles. The Kier molecular flexibility index (Phi) is 4.96. The number of aryl methyl sites for hydroxylation is 1. The number of carbonyl (C=O) groups is 1. The standard InChI is InChI=1S/C18H22FN3OS/c1-11(20)15-5-3-4-10-22(15)18(23)16-12(2)21-17(24-16)13-6-8-14(19)9-7-13/h6-9,11,15H,3-5,10,20H2,1-2H3. The van der Waals surface area contributed by atoms with Gasteiger partial charge in [-0.1, -0.05) is 0 Å². The van der Waals surface area contributed by atoms with Crippen LogP contribution in [0.15, 0.2) is 24.3 Å². The Labute approximate surface area is 145 Å². The highest BCUT2D eigenvalue weighted by Crippen LogP contribution is 2.31. The number of thiazole rings is 1. The molecule has 0 bridgehead atoms. The van der Waals surface area contributed by atoms with Crippen LogP contribution in [0.4, 0.5) is 4.39 Å². The second-order valence-corrected chi connectivity index (χ2v) is 7.36. The molecule has 2 N–H and O–H groups in total. The third-order valence-corrected chi connectivity index (χ3v) is 5.69. The van der Waals surface area contributed by atoms with Gasteiger partial charge in [0.1, 0.15) is 15.7 Å². The lowest BCUT2D eigenvalue weighted by atomic mass is 9.96. The number of likely N-dealkylation sites (tertiary alicyclic amines) is 1. The van der Waals surface area contributed by atoms with Gasteiger partial charge < -0.3 is 10.6 Å². The zero-order chi connectivity index (χ0) is 17.3. The normalized spacial score (nSPS) is 19.3. The Morgan fingerprint density at radius 1 is 1.38 bits per heavy atom. The first-order chi connectivity index (χ1) is 11.5. The van der Waals surface area contributed by atoms with Crippen molar-refractivity contribution < 1.29 is 9.18 Å². The average molecular weight is 347 g/mol. The topological polar surface area (TPSA) is 59.2 Å². The molecule has 2 aromatic rings. The Morgan fingerprint density at radius 3 is 2.75 bits per heavy atom. The van der Waals surface area contributed by atoms with Crippen LogP contribution in [-0.4, -0.2) is 34.4 Å². The van der Waals surface area contributed by atoms with Crippen LogP contribution >= 0.6 is 11.3 Å². The Balaban J connectivity index is 1.89. The number of benzene rings is 1. The second-order valence-electron chi connectivity index (χ2n) is 6.36. The maximum absolute atomic E-state index is 13.1. The van der Waals surface area contributed by atoms with E-state index in [4.69, 9.17) is 5.73 Å². The highest BCUT2D eigenvalue weighted by Gasteiger charge is 2.31. The number of carbonyl (C=O) groups excluding carboxylic acids is 1. The largest absolute Gasteiger partial charge is 0.333 e. The SMILES string of the molecule is Cc1nc(-c2ccc(F)cc2)sc1C(=O)N1CCCCC1C(C)N. The molecular weight excluding hydrogens is 325 g/mol. The third-order valence-electron chi connectivity index (χ3n) is 4.50. The second kappa shape index (κ2) is 6.99. The predicted molar refractivity (Wildman–Crippen MR) is 94.6 cm³/mol. The number of hydrogen-bond acceptors (Lipinski definition) is 4. The molecule has 1 saturated heterocycles. The van der Waals surface area contributed by atoms with Crippen LogP contribution < -0.4 is 5.73 Å². The summed E-state index contributed by atoms with van der Waals surface area (Å²) in [5, 5.41) is 0.741. The maximum atomic E-state index is 13.1. The molecule has 6 heteroatoms. The number of nitrogens with zero attached hydrogens (tertiary/aromatic N) is 2. The van der Waals surface area contributed by atoms with Crippen molar-refractivity contribution in [2.75, 3.05) is 6.54 Å². The van der Waals surface area contributed by atoms with Crippen LogP contribution in [0.25, 0.3) is 10.6 Å². The molecule has 0 aliphatic carbocycles. The van der Waals surface area contributed by atoms with Crippen LogP contribution in [0.1, 0.15) is 41.6 Å². The first-order valence-electron chi connectivity index (χ1n) is 8.27. The van der Waals surface area contributed by atoms with Crippen LogP contribution in [0.3, 0.4) is 0 Å². The van der Waals surface area contributed by atoms with Gasteiger partial charge in [0.15, 0.2) is 0 Å². The quantitative estimate of drug-likeness (QED) is 0.923. The highest BCUT2D eigenvalue weighted by molar-refractivity contribution is 7.17. The van der Waals surface area contributed by atoms with E-state index in [1.807, 2.05) is 18.7 Å². The van der Waals surface area contributed by atoms with Gasteiger partial charge in [-0.15, -0.1) is 11.3 Å². The van der Waals surface area contributed by atoms with Crippen molar-refractivity contribution in [3.63, 3.8) is 0 Å². The van der Waals surface area contributed by atoms with E-state index in [1.54, 1.807) is 12.1 Å². The van der Waals surface area contributed by atoms with Crippen molar-refractivity contribution >= 4 is 17.2 Å². The first-order valence-corrected chi connectivity index (χ1v) is 9.09. The summed E-state index contributed by atoms with van der Waals surface area (Å²) < 4.78 is 13.1. The zero-order valence-corrected chi connectivity index (χ0v) is 14.8. The summed E-state index contributed by atoms with van der Waals surface area (Å²) in [4.78, 5) is 20.1. The van der Waals surface area contributed by atoms with Crippen molar-refractivity contribution in [2.24, 2.45) is 5.73 Å². The van der Waals surface area contributed by atoms with E-state index in [2.05, 4.69) is 4.98 Å². The predicted octanol–water partition coefficient (Wildman–Crippen LogP) is 3.60. The molecule has 2 atom stereocenters. The van der Waals surface area contributed by atoms with E-state index >= 15 is 0 Å². The van der Waals surface area contributed by atoms with Crippen molar-refractivity contribution in [3.8, 4) is 10.6 Å². The summed E-state index contributed by atoms with van der Waals surface area (Å²) in [6, 6.07) is 6.23. The number of hydrogen-bond donors (Lipinski definition) is 1. The lowest BCUT2D eigenvalue weighted by Gasteiger charge is -2.37. The molecule has 0 saturated carbocycles. The molecule has 24 heavy (non-hydrogen) atoms. The number of amides is 1. The fourth-order valence-electron chi connectivity index (χ4n) is 3.20. The summed E-state index contributed by atoms with van der Waals surface area (Å²) in [6.07, 6.45) is 3.07. The summed E-state index contributed by atoms with van der Waals surface area (Å²) >= 11 is 1.37. The number of aromatic nitrogens is 1. The van der Waals surface area contributed by atoms with E-state index in [0.29, 0.717) is 4.88 Å². The van der Waals surface area contributed by atoms with Crippen LogP contribution in [0, 0.1) is 12.7 Å². The minimum Gasteiger partial charge on any atom is -0.333 e. The van der Waals surface area contributed by atoms with Crippen LogP contribution in [0.2, 0.25) is 0 Å². The van der Waals surface area contributed by atoms with Gasteiger partial charge in [-0.2, -0.15) is 0 Å². The van der Waals surface area contributed by atoms with Gasteiger partial charge in [0.2, 0.25) is 0 Å². The molecule has 1 fully saturated rings. The third kappa shape index (κ3) is 3.35. The lowest BCUT2D eigenvalue weighted by molar-refractivity contribution is 0.0588. The van der Waals surface area contributed by atoms with Crippen molar-refractivity contribution in [1.29, 1.82) is 0 Å². The average Bonchev–Trinajstić information content (AvgIpc) is 2.96. The number of rotatable bonds is 3. The van der Waals surface area contributed by atoms with Crippen molar-refractivity contribution in [2.45, 2.75) is 45.2 Å². The molecule has 2 heterocycles. The lowest BCUT2D eigenvalue weighted by Crippen LogP contribution is -2.51. The number of piperidine rings is 1. The fourth-order valence-corrected chi connectivity index (χ4v) is 4.23. The van der Waals surface area contributed by atoms with Crippen LogP contribution in [0.5, 0.6) is 0 Å². The molecule has 3 rings (SSSR count). The van der Waals surface area contributed by atoms with Gasteiger partial charge in [0.25, 0.3) is 5.91 Å². The first kappa shape index (κ1) is 17.0. The van der Waals surface area contributed by atoms with E-state index in [0.717, 1.165) is 42.1 Å². The van der Waals surface area contributed by atoms with E-state index in [9.17, 15) is 9.18 Å². The Morgan fingerprint density at radius 2 is 2.08 bits per heavy atom. The molecule has 1 amide bonds. The Hall–Kier alpha value is -1.79. The summed E-state index contributed by atoms with van der Waals surface area (Å²) in [5.41, 5.74) is 7.63. The molecular formula is C18H22FN3OS. The zero-order valence-electron chi connectivity index (χ0n) is 14.0. The summed E-state index contributed by atoms with van der Waals surface area (Å²) in [6.45, 7) is 4.55. The Bertz CT molecular complexity index is 726. The van der Waals surface area contributed by atoms with E-state index in [-0.39, 0.29) is 23.8 Å². The van der Waals surface area contributed by atoms with Gasteiger partial charge in [0.05, 0.1) is 5.69 Å². The molecule has 2 unspecified atom stereocenters. The van der Waals surface area contributed by atoms with Gasteiger partial charge in [-0.05, 0) is 57.4 Å². The maximum Gasteiger partial charge on any atom is 0.266 e. The molecule has 0 radical (unpaired) electrons. The molecule has 128 valence electrons. The molecule has 1 aromatic carbocycles. The minimum atomic E-state index is -0.281. The van der Waals surface area contributed by atoms with E-state index < -0.39 is 0 Å². The van der Waals surface area contributed by atoms with E-state index in [1.165, 1.54) is 23.5 Å². The highest BCUT2D eigenvalue weighted by atomic mass is 32.1. The molecule has 1 aliphatic rings. The van der Waals surface area contributed by atoms with Gasteiger partial charge in [-0.3, -0.25) is 4.79 Å². The van der Waals surface area contributed by atoms with Crippen LogP contribution in [-0.2, 0) is 0 Å². The molecule has 4 nitrogen and oxygen atoms in total. The number of nitrogens with two attached hydrogens (primary N) is 1. The van der Waals surface area contributed by atoms with Gasteiger partial charge in [-0.25, -0.2) is 9.37 Å². The number of halogens is 1. The fraction of sp³-hybridized carbons (Fsp3) is 0.444. The molecule has 1 aliphatic heterocycles. The van der Waals surface area contributed by atoms with Gasteiger partial charge >= 0.3 is 0 Å². The summed E-state index contributed by atoms with van der Waals surface area (Å²) in [7, 11) is 0. The molecule has 0 spiro atoms. The smallest absolute Gasteiger partial charge is 0.266 e. The van der Waals surface area contributed by atoms with Gasteiger partial charge in [0, 0.05) is 24.2 Å².